The smallest absolute Gasteiger partial charge is 0.0411 e. The van der Waals surface area contributed by atoms with Crippen LogP contribution in [0, 0.1) is 6.92 Å². The maximum atomic E-state index is 3.67. The molecule has 0 aliphatic heterocycles. The third kappa shape index (κ3) is 4.25. The lowest BCUT2D eigenvalue weighted by Crippen LogP contribution is -2.21. The van der Waals surface area contributed by atoms with Crippen LogP contribution in [0.5, 0.6) is 0 Å². The summed E-state index contributed by atoms with van der Waals surface area (Å²) >= 11 is 0. The Morgan fingerprint density at radius 3 is 2.38 bits per heavy atom. The first-order chi connectivity index (χ1) is 10.1. The van der Waals surface area contributed by atoms with Gasteiger partial charge >= 0.3 is 0 Å². The second-order valence-electron chi connectivity index (χ2n) is 5.83. The van der Waals surface area contributed by atoms with Crippen LogP contribution in [-0.2, 0) is 6.42 Å². The fourth-order valence-electron chi connectivity index (χ4n) is 2.61. The molecule has 1 atom stereocenters. The summed E-state index contributed by atoms with van der Waals surface area (Å²) in [5.74, 6) is 0. The number of nitrogens with zero attached hydrogens (tertiary/aromatic N) is 1. The van der Waals surface area contributed by atoms with Crippen molar-refractivity contribution in [3.63, 3.8) is 0 Å². The molecular weight excluding hydrogens is 256 g/mol. The molecule has 21 heavy (non-hydrogen) atoms. The average molecular weight is 282 g/mol. The minimum absolute atomic E-state index is 0.463. The Balaban J connectivity index is 2.10. The molecule has 2 heteroatoms. The molecule has 0 heterocycles. The van der Waals surface area contributed by atoms with E-state index >= 15 is 0 Å². The number of hydrogen-bond acceptors (Lipinski definition) is 2. The SMILES string of the molecule is CCC(Cc1ccccc1)Nc1ccc(C)c(N(C)C)c1. The van der Waals surface area contributed by atoms with Crippen molar-refractivity contribution in [3.8, 4) is 0 Å². The standard InChI is InChI=1S/C19H26N2/c1-5-17(13-16-9-7-6-8-10-16)20-18-12-11-15(2)19(14-18)21(3)4/h6-12,14,17,20H,5,13H2,1-4H3. The van der Waals surface area contributed by atoms with E-state index in [1.807, 2.05) is 0 Å². The molecule has 2 rings (SSSR count). The lowest BCUT2D eigenvalue weighted by Gasteiger charge is -2.21. The molecule has 0 radical (unpaired) electrons. The molecule has 0 saturated carbocycles. The molecule has 0 amide bonds. The van der Waals surface area contributed by atoms with Gasteiger partial charge in [0.25, 0.3) is 0 Å². The minimum atomic E-state index is 0.463. The predicted molar refractivity (Wildman–Crippen MR) is 93.4 cm³/mol. The van der Waals surface area contributed by atoms with Crippen LogP contribution in [0.2, 0.25) is 0 Å². The van der Waals surface area contributed by atoms with Crippen LogP contribution in [0.15, 0.2) is 48.5 Å². The third-order valence-electron chi connectivity index (χ3n) is 3.88. The third-order valence-corrected chi connectivity index (χ3v) is 3.88. The number of anilines is 2. The zero-order valence-corrected chi connectivity index (χ0v) is 13.6. The van der Waals surface area contributed by atoms with E-state index in [2.05, 4.69) is 86.7 Å². The van der Waals surface area contributed by atoms with Gasteiger partial charge in [0, 0.05) is 31.5 Å². The van der Waals surface area contributed by atoms with E-state index in [9.17, 15) is 0 Å². The van der Waals surface area contributed by atoms with Crippen molar-refractivity contribution < 1.29 is 0 Å². The Morgan fingerprint density at radius 2 is 1.76 bits per heavy atom. The summed E-state index contributed by atoms with van der Waals surface area (Å²) in [6.45, 7) is 4.39. The van der Waals surface area contributed by atoms with Crippen molar-refractivity contribution in [2.45, 2.75) is 32.7 Å². The molecule has 0 saturated heterocycles. The van der Waals surface area contributed by atoms with Crippen molar-refractivity contribution >= 4 is 11.4 Å². The van der Waals surface area contributed by atoms with Crippen molar-refractivity contribution in [1.82, 2.24) is 0 Å². The maximum Gasteiger partial charge on any atom is 0.0411 e. The Kier molecular flexibility index (Phi) is 5.26. The molecule has 112 valence electrons. The number of nitrogens with one attached hydrogen (secondary N) is 1. The highest BCUT2D eigenvalue weighted by atomic mass is 15.1. The van der Waals surface area contributed by atoms with Gasteiger partial charge in [0.15, 0.2) is 0 Å². The van der Waals surface area contributed by atoms with Gasteiger partial charge in [0.1, 0.15) is 0 Å². The topological polar surface area (TPSA) is 15.3 Å². The second-order valence-corrected chi connectivity index (χ2v) is 5.83. The van der Waals surface area contributed by atoms with Gasteiger partial charge in [-0.1, -0.05) is 43.3 Å². The van der Waals surface area contributed by atoms with Crippen LogP contribution in [0.4, 0.5) is 11.4 Å². The van der Waals surface area contributed by atoms with Crippen molar-refractivity contribution in [2.75, 3.05) is 24.3 Å². The van der Waals surface area contributed by atoms with Crippen LogP contribution in [0.3, 0.4) is 0 Å². The maximum absolute atomic E-state index is 3.67. The van der Waals surface area contributed by atoms with E-state index in [-0.39, 0.29) is 0 Å². The van der Waals surface area contributed by atoms with E-state index in [0.717, 1.165) is 12.8 Å². The summed E-state index contributed by atoms with van der Waals surface area (Å²) < 4.78 is 0. The summed E-state index contributed by atoms with van der Waals surface area (Å²) in [7, 11) is 4.18. The van der Waals surface area contributed by atoms with Crippen molar-refractivity contribution in [1.29, 1.82) is 0 Å². The minimum Gasteiger partial charge on any atom is -0.382 e. The van der Waals surface area contributed by atoms with Gasteiger partial charge in [0.05, 0.1) is 0 Å². The molecule has 2 aromatic carbocycles. The average Bonchev–Trinajstić information content (AvgIpc) is 2.49. The second kappa shape index (κ2) is 7.16. The summed E-state index contributed by atoms with van der Waals surface area (Å²) in [4.78, 5) is 2.17. The predicted octanol–water partition coefficient (Wildman–Crippen LogP) is 4.49. The summed E-state index contributed by atoms with van der Waals surface area (Å²) in [5.41, 5.74) is 5.17. The van der Waals surface area contributed by atoms with Gasteiger partial charge in [-0.15, -0.1) is 0 Å². The molecule has 2 nitrogen and oxygen atoms in total. The highest BCUT2D eigenvalue weighted by molar-refractivity contribution is 5.62. The van der Waals surface area contributed by atoms with Gasteiger partial charge in [-0.25, -0.2) is 0 Å². The van der Waals surface area contributed by atoms with Crippen molar-refractivity contribution in [3.05, 3.63) is 59.7 Å². The molecule has 1 N–H and O–H groups in total. The number of aryl methyl sites for hydroxylation is 1. The molecule has 0 bridgehead atoms. The zero-order valence-electron chi connectivity index (χ0n) is 13.6. The number of hydrogen-bond donors (Lipinski definition) is 1. The van der Waals surface area contributed by atoms with Gasteiger partial charge < -0.3 is 10.2 Å². The van der Waals surface area contributed by atoms with Crippen LogP contribution in [0.1, 0.15) is 24.5 Å². The fraction of sp³-hybridized carbons (Fsp3) is 0.368. The Hall–Kier alpha value is -1.96. The monoisotopic (exact) mass is 282 g/mol. The molecule has 0 spiro atoms. The van der Waals surface area contributed by atoms with Crippen LogP contribution >= 0.6 is 0 Å². The fourth-order valence-corrected chi connectivity index (χ4v) is 2.61. The van der Waals surface area contributed by atoms with Crippen molar-refractivity contribution in [2.24, 2.45) is 0 Å². The first kappa shape index (κ1) is 15.4. The van der Waals surface area contributed by atoms with E-state index in [0.29, 0.717) is 6.04 Å². The molecule has 0 aliphatic carbocycles. The quantitative estimate of drug-likeness (QED) is 0.839. The van der Waals surface area contributed by atoms with Gasteiger partial charge in [-0.05, 0) is 43.0 Å². The van der Waals surface area contributed by atoms with E-state index in [4.69, 9.17) is 0 Å². The first-order valence-corrected chi connectivity index (χ1v) is 7.68. The number of rotatable bonds is 6. The Morgan fingerprint density at radius 1 is 1.05 bits per heavy atom. The van der Waals surface area contributed by atoms with Gasteiger partial charge in [-0.2, -0.15) is 0 Å². The highest BCUT2D eigenvalue weighted by Gasteiger charge is 2.09. The summed E-state index contributed by atoms with van der Waals surface area (Å²) in [6.07, 6.45) is 2.17. The normalized spacial score (nSPS) is 12.0. The molecular formula is C19H26N2. The van der Waals surface area contributed by atoms with E-state index in [1.165, 1.54) is 22.5 Å². The lowest BCUT2D eigenvalue weighted by molar-refractivity contribution is 0.690. The molecule has 0 aliphatic rings. The molecule has 2 aromatic rings. The zero-order chi connectivity index (χ0) is 15.2. The highest BCUT2D eigenvalue weighted by Crippen LogP contribution is 2.23. The number of benzene rings is 2. The summed E-state index contributed by atoms with van der Waals surface area (Å²) in [5, 5.41) is 3.67. The molecule has 0 aromatic heterocycles. The van der Waals surface area contributed by atoms with Gasteiger partial charge in [0.2, 0.25) is 0 Å². The summed E-state index contributed by atoms with van der Waals surface area (Å²) in [6, 6.07) is 17.8. The van der Waals surface area contributed by atoms with E-state index < -0.39 is 0 Å². The van der Waals surface area contributed by atoms with Gasteiger partial charge in [-0.3, -0.25) is 0 Å². The molecule has 1 unspecified atom stereocenters. The van der Waals surface area contributed by atoms with Crippen LogP contribution < -0.4 is 10.2 Å². The Bertz CT molecular complexity index is 561. The largest absolute Gasteiger partial charge is 0.382 e. The first-order valence-electron chi connectivity index (χ1n) is 7.68. The lowest BCUT2D eigenvalue weighted by atomic mass is 10.0. The Labute approximate surface area is 128 Å². The van der Waals surface area contributed by atoms with E-state index in [1.54, 1.807) is 0 Å². The van der Waals surface area contributed by atoms with Crippen LogP contribution in [0.25, 0.3) is 0 Å². The molecule has 0 fully saturated rings. The van der Waals surface area contributed by atoms with Crippen LogP contribution in [-0.4, -0.2) is 20.1 Å².